The predicted molar refractivity (Wildman–Crippen MR) is 79.8 cm³/mol. The topological polar surface area (TPSA) is 173 Å². The van der Waals surface area contributed by atoms with Gasteiger partial charge < -0.3 is 44.8 Å². The van der Waals surface area contributed by atoms with E-state index in [4.69, 9.17) is 19.5 Å². The highest BCUT2D eigenvalue weighted by Gasteiger charge is 2.47. The molecular weight excluding hydrogens is 338 g/mol. The molecule has 9 atom stereocenters. The lowest BCUT2D eigenvalue weighted by molar-refractivity contribution is -0.312. The molecule has 0 aromatic carbocycles. The summed E-state index contributed by atoms with van der Waals surface area (Å²) >= 11 is 0. The number of nitrogens with zero attached hydrogens (tertiary/aromatic N) is 1. The van der Waals surface area contributed by atoms with Crippen molar-refractivity contribution in [2.24, 2.45) is 0 Å². The Balaban J connectivity index is 2.19. The second-order valence-electron chi connectivity index (χ2n) is 6.04. The zero-order valence-electron chi connectivity index (χ0n) is 13.5. The Hall–Kier alpha value is -1.13. The second-order valence-corrected chi connectivity index (χ2v) is 6.04. The van der Waals surface area contributed by atoms with Gasteiger partial charge in [0.25, 0.3) is 0 Å². The molecule has 2 fully saturated rings. The molecule has 2 rings (SSSR count). The number of allylic oxidation sites excluding steroid dienone is 1. The zero-order chi connectivity index (χ0) is 18.7. The summed E-state index contributed by atoms with van der Waals surface area (Å²) in [4.78, 5) is 0. The summed E-state index contributed by atoms with van der Waals surface area (Å²) in [6.07, 6.45) is -10.8. The van der Waals surface area contributed by atoms with Crippen LogP contribution in [0.5, 0.6) is 0 Å². The van der Waals surface area contributed by atoms with E-state index in [9.17, 15) is 30.6 Å². The first-order valence-electron chi connectivity index (χ1n) is 7.80. The van der Waals surface area contributed by atoms with Crippen molar-refractivity contribution in [1.82, 2.24) is 0 Å². The Kier molecular flexibility index (Phi) is 6.86. The minimum atomic E-state index is -1.63. The number of methoxy groups -OCH3 is 1. The number of ether oxygens (including phenoxy) is 3. The van der Waals surface area contributed by atoms with Gasteiger partial charge in [-0.05, 0) is 0 Å². The van der Waals surface area contributed by atoms with Crippen LogP contribution in [0, 0.1) is 11.3 Å². The van der Waals surface area contributed by atoms with Crippen LogP contribution in [0.1, 0.15) is 6.42 Å². The summed E-state index contributed by atoms with van der Waals surface area (Å²) in [5.74, 6) is 0. The van der Waals surface area contributed by atoms with Crippen LogP contribution >= 0.6 is 0 Å². The number of nitriles is 1. The second kappa shape index (κ2) is 8.50. The first-order valence-corrected chi connectivity index (χ1v) is 7.80. The van der Waals surface area contributed by atoms with Gasteiger partial charge in [-0.1, -0.05) is 0 Å². The Morgan fingerprint density at radius 2 is 1.88 bits per heavy atom. The molecule has 0 spiro atoms. The van der Waals surface area contributed by atoms with E-state index in [1.807, 2.05) is 0 Å². The van der Waals surface area contributed by atoms with Crippen LogP contribution in [0.25, 0.3) is 0 Å². The molecule has 0 radical (unpaired) electrons. The van der Waals surface area contributed by atoms with Gasteiger partial charge in [-0.2, -0.15) is 5.26 Å². The number of rotatable bonds is 4. The van der Waals surface area contributed by atoms with Gasteiger partial charge in [0.05, 0.1) is 24.9 Å². The first-order chi connectivity index (χ1) is 11.8. The number of hydrogen-bond donors (Lipinski definition) is 6. The Bertz CT molecular complexity index is 520. The molecule has 4 unspecified atom stereocenters. The fourth-order valence-corrected chi connectivity index (χ4v) is 3.09. The highest BCUT2D eigenvalue weighted by molar-refractivity contribution is 5.26. The van der Waals surface area contributed by atoms with E-state index >= 15 is 0 Å². The average molecular weight is 361 g/mol. The molecule has 1 saturated carbocycles. The third kappa shape index (κ3) is 4.01. The summed E-state index contributed by atoms with van der Waals surface area (Å²) in [7, 11) is 1.31. The summed E-state index contributed by atoms with van der Waals surface area (Å²) in [5, 5.41) is 68.0. The van der Waals surface area contributed by atoms with Gasteiger partial charge >= 0.3 is 0 Å². The van der Waals surface area contributed by atoms with Crippen LogP contribution in [0.2, 0.25) is 0 Å². The average Bonchev–Trinajstić information content (AvgIpc) is 2.59. The smallest absolute Gasteiger partial charge is 0.187 e. The van der Waals surface area contributed by atoms with Gasteiger partial charge in [-0.15, -0.1) is 0 Å². The fraction of sp³-hybridized carbons (Fsp3) is 0.800. The molecule has 142 valence electrons. The van der Waals surface area contributed by atoms with Crippen molar-refractivity contribution < 1.29 is 44.8 Å². The molecule has 0 bridgehead atoms. The molecule has 2 aliphatic rings. The Morgan fingerprint density at radius 3 is 2.44 bits per heavy atom. The van der Waals surface area contributed by atoms with Crippen molar-refractivity contribution in [2.45, 2.75) is 61.5 Å². The van der Waals surface area contributed by atoms with Gasteiger partial charge in [-0.3, -0.25) is 0 Å². The minimum Gasteiger partial charge on any atom is -0.394 e. The molecule has 10 nitrogen and oxygen atoms in total. The molecule has 10 heteroatoms. The van der Waals surface area contributed by atoms with Gasteiger partial charge in [0.1, 0.15) is 36.6 Å². The Labute approximate surface area is 144 Å². The van der Waals surface area contributed by atoms with Gasteiger partial charge in [0.15, 0.2) is 6.29 Å². The maximum absolute atomic E-state index is 10.3. The van der Waals surface area contributed by atoms with Crippen molar-refractivity contribution in [3.05, 3.63) is 11.6 Å². The van der Waals surface area contributed by atoms with E-state index in [-0.39, 0.29) is 12.0 Å². The maximum atomic E-state index is 10.3. The van der Waals surface area contributed by atoms with Gasteiger partial charge in [0.2, 0.25) is 0 Å². The lowest BCUT2D eigenvalue weighted by Gasteiger charge is -2.43. The summed E-state index contributed by atoms with van der Waals surface area (Å²) < 4.78 is 15.8. The SMILES string of the molecule is COC1C(O)CC(O[C@@H]2O[C@H](CO)[C@@H](O)[C@H](O)[C@H]2O)/C(=C\C#N)C1O. The quantitative estimate of drug-likeness (QED) is 0.279. The zero-order valence-corrected chi connectivity index (χ0v) is 13.5. The predicted octanol–water partition coefficient (Wildman–Crippen LogP) is -3.24. The standard InChI is InChI=1S/C15H23NO9/c1-23-14-7(18)4-8(6(2-3-16)10(14)19)24-15-13(22)12(21)11(20)9(5-17)25-15/h2,7-15,17-22H,4-5H2,1H3/b6-2+/t7?,8?,9-,10?,11-,12+,13-,14?,15-/m1/s1. The molecule has 1 saturated heterocycles. The molecular formula is C15H23NO9. The molecule has 0 aromatic heterocycles. The fourth-order valence-electron chi connectivity index (χ4n) is 3.09. The number of aliphatic hydroxyl groups excluding tert-OH is 6. The van der Waals surface area contributed by atoms with Crippen molar-refractivity contribution >= 4 is 0 Å². The van der Waals surface area contributed by atoms with Crippen LogP contribution < -0.4 is 0 Å². The molecule has 0 aromatic rings. The Morgan fingerprint density at radius 1 is 1.20 bits per heavy atom. The molecule has 1 heterocycles. The lowest BCUT2D eigenvalue weighted by atomic mass is 9.84. The minimum absolute atomic E-state index is 0.0574. The monoisotopic (exact) mass is 361 g/mol. The van der Waals surface area contributed by atoms with Crippen LogP contribution in [-0.2, 0) is 14.2 Å². The summed E-state index contributed by atoms with van der Waals surface area (Å²) in [5.41, 5.74) is 0.122. The van der Waals surface area contributed by atoms with Crippen molar-refractivity contribution in [2.75, 3.05) is 13.7 Å². The van der Waals surface area contributed by atoms with E-state index in [2.05, 4.69) is 0 Å². The summed E-state index contributed by atoms with van der Waals surface area (Å²) in [6, 6.07) is 1.77. The molecule has 6 N–H and O–H groups in total. The molecule has 25 heavy (non-hydrogen) atoms. The maximum Gasteiger partial charge on any atom is 0.187 e. The van der Waals surface area contributed by atoms with E-state index in [1.54, 1.807) is 6.07 Å². The van der Waals surface area contributed by atoms with Gasteiger partial charge in [0, 0.05) is 25.2 Å². The molecule has 1 aliphatic carbocycles. The highest BCUT2D eigenvalue weighted by Crippen LogP contribution is 2.32. The largest absolute Gasteiger partial charge is 0.394 e. The van der Waals surface area contributed by atoms with Crippen LogP contribution in [0.4, 0.5) is 0 Å². The first kappa shape index (κ1) is 20.2. The third-order valence-electron chi connectivity index (χ3n) is 4.51. The summed E-state index contributed by atoms with van der Waals surface area (Å²) in [6.45, 7) is -0.618. The number of aliphatic hydroxyl groups is 6. The lowest BCUT2D eigenvalue weighted by Crippen LogP contribution is -2.60. The van der Waals surface area contributed by atoms with E-state index < -0.39 is 61.7 Å². The van der Waals surface area contributed by atoms with Crippen LogP contribution in [0.3, 0.4) is 0 Å². The van der Waals surface area contributed by atoms with Crippen LogP contribution in [0.15, 0.2) is 11.6 Å². The van der Waals surface area contributed by atoms with E-state index in [0.717, 1.165) is 6.08 Å². The van der Waals surface area contributed by atoms with E-state index in [1.165, 1.54) is 7.11 Å². The molecule has 0 amide bonds. The normalized spacial score (nSPS) is 46.8. The van der Waals surface area contributed by atoms with Gasteiger partial charge in [-0.25, -0.2) is 0 Å². The van der Waals surface area contributed by atoms with Crippen LogP contribution in [-0.4, -0.2) is 99.5 Å². The highest BCUT2D eigenvalue weighted by atomic mass is 16.7. The van der Waals surface area contributed by atoms with Crippen molar-refractivity contribution in [3.8, 4) is 6.07 Å². The number of hydrogen-bond acceptors (Lipinski definition) is 10. The molecule has 1 aliphatic heterocycles. The van der Waals surface area contributed by atoms with E-state index in [0.29, 0.717) is 0 Å². The third-order valence-corrected chi connectivity index (χ3v) is 4.51. The van der Waals surface area contributed by atoms with Crippen molar-refractivity contribution in [1.29, 1.82) is 5.26 Å². The van der Waals surface area contributed by atoms with Crippen molar-refractivity contribution in [3.63, 3.8) is 0 Å².